The minimum Gasteiger partial charge on any atom is -0.494 e. The average molecular weight is 420 g/mol. The van der Waals surface area contributed by atoms with Crippen LogP contribution in [0.1, 0.15) is 43.7 Å². The molecule has 0 spiro atoms. The molecule has 0 saturated carbocycles. The number of nitrogens with one attached hydrogen (secondary N) is 1. The molecule has 9 heteroatoms. The predicted molar refractivity (Wildman–Crippen MR) is 112 cm³/mol. The van der Waals surface area contributed by atoms with Crippen LogP contribution in [-0.4, -0.2) is 26.2 Å². The van der Waals surface area contributed by atoms with Gasteiger partial charge in [0.1, 0.15) is 5.75 Å². The Bertz CT molecular complexity index is 957. The number of rotatable bonds is 11. The van der Waals surface area contributed by atoms with Gasteiger partial charge in [0, 0.05) is 11.6 Å². The van der Waals surface area contributed by atoms with Crippen molar-refractivity contribution < 1.29 is 18.1 Å². The Morgan fingerprint density at radius 1 is 1.14 bits per heavy atom. The van der Waals surface area contributed by atoms with Crippen molar-refractivity contribution in [3.63, 3.8) is 0 Å². The van der Waals surface area contributed by atoms with E-state index in [2.05, 4.69) is 16.9 Å². The maximum Gasteiger partial charge on any atom is 0.276 e. The molecule has 0 amide bonds. The third-order valence-electron chi connectivity index (χ3n) is 4.22. The molecule has 0 fully saturated rings. The molecule has 0 aliphatic heterocycles. The standard InChI is InChI=1S/C20H25N3O5S/c1-3-4-5-6-13-28-18-10-8-17(9-11-18)15-21-22-29(26,27)19-12-7-16(2)20(14-19)23(24)25/h7-12,14-15,22H,3-6,13H2,1-2H3/b21-15-. The smallest absolute Gasteiger partial charge is 0.276 e. The summed E-state index contributed by atoms with van der Waals surface area (Å²) < 4.78 is 30.2. The molecule has 29 heavy (non-hydrogen) atoms. The van der Waals surface area contributed by atoms with E-state index < -0.39 is 14.9 Å². The number of benzene rings is 2. The summed E-state index contributed by atoms with van der Waals surface area (Å²) in [6, 6.07) is 10.8. The second kappa shape index (κ2) is 10.6. The van der Waals surface area contributed by atoms with Gasteiger partial charge in [0.25, 0.3) is 15.7 Å². The molecule has 1 N–H and O–H groups in total. The highest BCUT2D eigenvalue weighted by Gasteiger charge is 2.19. The highest BCUT2D eigenvalue weighted by atomic mass is 32.2. The van der Waals surface area contributed by atoms with Gasteiger partial charge in [0.15, 0.2) is 0 Å². The highest BCUT2D eigenvalue weighted by Crippen LogP contribution is 2.22. The number of aryl methyl sites for hydroxylation is 1. The fourth-order valence-corrected chi connectivity index (χ4v) is 3.36. The van der Waals surface area contributed by atoms with Crippen molar-refractivity contribution in [3.8, 4) is 5.75 Å². The second-order valence-corrected chi connectivity index (χ2v) is 8.20. The Labute approximate surface area is 170 Å². The summed E-state index contributed by atoms with van der Waals surface area (Å²) in [6.45, 7) is 4.36. The van der Waals surface area contributed by atoms with Gasteiger partial charge in [-0.3, -0.25) is 10.1 Å². The average Bonchev–Trinajstić information content (AvgIpc) is 2.69. The number of unbranched alkanes of at least 4 members (excludes halogenated alkanes) is 3. The zero-order valence-corrected chi connectivity index (χ0v) is 17.3. The van der Waals surface area contributed by atoms with Gasteiger partial charge in [-0.25, -0.2) is 4.83 Å². The topological polar surface area (TPSA) is 111 Å². The number of hydrazone groups is 1. The van der Waals surface area contributed by atoms with E-state index in [1.807, 2.05) is 0 Å². The van der Waals surface area contributed by atoms with Crippen LogP contribution in [0.15, 0.2) is 52.5 Å². The first-order chi connectivity index (χ1) is 13.8. The fraction of sp³-hybridized carbons (Fsp3) is 0.350. The van der Waals surface area contributed by atoms with Gasteiger partial charge in [-0.2, -0.15) is 13.5 Å². The summed E-state index contributed by atoms with van der Waals surface area (Å²) in [5, 5.41) is 14.7. The lowest BCUT2D eigenvalue weighted by atomic mass is 10.2. The Morgan fingerprint density at radius 2 is 1.86 bits per heavy atom. The first kappa shape index (κ1) is 22.4. The van der Waals surface area contributed by atoms with Crippen LogP contribution in [0.3, 0.4) is 0 Å². The highest BCUT2D eigenvalue weighted by molar-refractivity contribution is 7.89. The number of nitrogens with zero attached hydrogens (tertiary/aromatic N) is 2. The number of sulfonamides is 1. The van der Waals surface area contributed by atoms with E-state index in [9.17, 15) is 18.5 Å². The van der Waals surface area contributed by atoms with E-state index in [4.69, 9.17) is 4.74 Å². The zero-order valence-electron chi connectivity index (χ0n) is 16.5. The van der Waals surface area contributed by atoms with Crippen molar-refractivity contribution in [2.24, 2.45) is 5.10 Å². The Hall–Kier alpha value is -2.94. The van der Waals surface area contributed by atoms with Crippen LogP contribution in [0.4, 0.5) is 5.69 Å². The molecule has 0 saturated heterocycles. The molecular formula is C20H25N3O5S. The van der Waals surface area contributed by atoms with Gasteiger partial charge in [0.2, 0.25) is 0 Å². The second-order valence-electron chi connectivity index (χ2n) is 6.54. The van der Waals surface area contributed by atoms with E-state index in [0.29, 0.717) is 17.7 Å². The van der Waals surface area contributed by atoms with Gasteiger partial charge in [-0.15, -0.1) is 0 Å². The fourth-order valence-electron chi connectivity index (χ4n) is 2.55. The van der Waals surface area contributed by atoms with E-state index in [-0.39, 0.29) is 10.6 Å². The summed E-state index contributed by atoms with van der Waals surface area (Å²) in [6.07, 6.45) is 5.88. The van der Waals surface area contributed by atoms with Gasteiger partial charge in [0.05, 0.1) is 22.6 Å². The van der Waals surface area contributed by atoms with E-state index in [1.165, 1.54) is 31.2 Å². The van der Waals surface area contributed by atoms with Crippen molar-refractivity contribution in [2.45, 2.75) is 44.4 Å². The molecule has 8 nitrogen and oxygen atoms in total. The lowest BCUT2D eigenvalue weighted by molar-refractivity contribution is -0.385. The third kappa shape index (κ3) is 6.86. The molecule has 0 unspecified atom stereocenters. The van der Waals surface area contributed by atoms with Crippen molar-refractivity contribution in [1.29, 1.82) is 0 Å². The van der Waals surface area contributed by atoms with Crippen LogP contribution >= 0.6 is 0 Å². The lowest BCUT2D eigenvalue weighted by Crippen LogP contribution is -2.18. The zero-order chi connectivity index (χ0) is 21.3. The van der Waals surface area contributed by atoms with Crippen molar-refractivity contribution in [2.75, 3.05) is 6.61 Å². The lowest BCUT2D eigenvalue weighted by Gasteiger charge is -2.06. The van der Waals surface area contributed by atoms with Gasteiger partial charge < -0.3 is 4.74 Å². The number of nitro groups is 1. The molecule has 2 aromatic rings. The molecule has 156 valence electrons. The van der Waals surface area contributed by atoms with E-state index >= 15 is 0 Å². The summed E-state index contributed by atoms with van der Waals surface area (Å²) >= 11 is 0. The molecule has 0 bridgehead atoms. The van der Waals surface area contributed by atoms with Crippen LogP contribution < -0.4 is 9.57 Å². The van der Waals surface area contributed by atoms with Gasteiger partial charge in [-0.05, 0) is 49.2 Å². The summed E-state index contributed by atoms with van der Waals surface area (Å²) in [5.74, 6) is 0.742. The van der Waals surface area contributed by atoms with Crippen LogP contribution in [0.25, 0.3) is 0 Å². The minimum atomic E-state index is -4.01. The first-order valence-electron chi connectivity index (χ1n) is 9.36. The number of hydrogen-bond acceptors (Lipinski definition) is 6. The third-order valence-corrected chi connectivity index (χ3v) is 5.44. The molecule has 0 aromatic heterocycles. The minimum absolute atomic E-state index is 0.223. The summed E-state index contributed by atoms with van der Waals surface area (Å²) in [4.78, 5) is 12.2. The summed E-state index contributed by atoms with van der Waals surface area (Å²) in [5.41, 5.74) is 0.799. The SMILES string of the molecule is CCCCCCOc1ccc(/C=N\NS(=O)(=O)c2ccc(C)c([N+](=O)[O-])c2)cc1. The summed E-state index contributed by atoms with van der Waals surface area (Å²) in [7, 11) is -4.01. The van der Waals surface area contributed by atoms with Gasteiger partial charge >= 0.3 is 0 Å². The molecule has 0 aliphatic carbocycles. The number of hydrogen-bond donors (Lipinski definition) is 1. The van der Waals surface area contributed by atoms with Crippen LogP contribution in [-0.2, 0) is 10.0 Å². The van der Waals surface area contributed by atoms with Crippen molar-refractivity contribution in [3.05, 3.63) is 63.7 Å². The maximum atomic E-state index is 12.3. The number of ether oxygens (including phenoxy) is 1. The molecule has 0 atom stereocenters. The predicted octanol–water partition coefficient (Wildman–Crippen LogP) is 4.17. The molecule has 0 aliphatic rings. The Balaban J connectivity index is 1.95. The van der Waals surface area contributed by atoms with Gasteiger partial charge in [-0.1, -0.05) is 32.3 Å². The van der Waals surface area contributed by atoms with Crippen LogP contribution in [0, 0.1) is 17.0 Å². The van der Waals surface area contributed by atoms with Crippen molar-refractivity contribution in [1.82, 2.24) is 4.83 Å². The van der Waals surface area contributed by atoms with E-state index in [0.717, 1.165) is 24.7 Å². The first-order valence-corrected chi connectivity index (χ1v) is 10.8. The Morgan fingerprint density at radius 3 is 2.52 bits per heavy atom. The molecule has 2 rings (SSSR count). The molecule has 0 heterocycles. The van der Waals surface area contributed by atoms with E-state index in [1.54, 1.807) is 31.2 Å². The largest absolute Gasteiger partial charge is 0.494 e. The molecular weight excluding hydrogens is 394 g/mol. The normalized spacial score (nSPS) is 11.5. The quantitative estimate of drug-likeness (QED) is 0.254. The monoisotopic (exact) mass is 419 g/mol. The van der Waals surface area contributed by atoms with Crippen molar-refractivity contribution >= 4 is 21.9 Å². The number of nitro benzene ring substituents is 1. The maximum absolute atomic E-state index is 12.3. The van der Waals surface area contributed by atoms with Crippen LogP contribution in [0.5, 0.6) is 5.75 Å². The van der Waals surface area contributed by atoms with Crippen LogP contribution in [0.2, 0.25) is 0 Å². The molecule has 2 aromatic carbocycles. The molecule has 0 radical (unpaired) electrons. The Kier molecular flexibility index (Phi) is 8.14.